The molecule has 0 aliphatic carbocycles. The molecule has 66 valence electrons. The largest absolute Gasteiger partial charge is 0.356 e. The number of amidine groups is 1. The second kappa shape index (κ2) is 3.85. The molecule has 0 radical (unpaired) electrons. The van der Waals surface area contributed by atoms with Gasteiger partial charge in [-0.25, -0.2) is 0 Å². The summed E-state index contributed by atoms with van der Waals surface area (Å²) in [5.41, 5.74) is 0.596. The van der Waals surface area contributed by atoms with E-state index in [-0.39, 0.29) is 0 Å². The van der Waals surface area contributed by atoms with E-state index >= 15 is 0 Å². The molecule has 1 aromatic heterocycles. The van der Waals surface area contributed by atoms with Crippen LogP contribution in [0.3, 0.4) is 0 Å². The van der Waals surface area contributed by atoms with Gasteiger partial charge in [0.05, 0.1) is 6.20 Å². The molecule has 5 heteroatoms. The average Bonchev–Trinajstić information content (AvgIpc) is 2.58. The van der Waals surface area contributed by atoms with Gasteiger partial charge in [-0.1, -0.05) is 0 Å². The van der Waals surface area contributed by atoms with Crippen molar-refractivity contribution in [2.45, 2.75) is 13.8 Å². The van der Waals surface area contributed by atoms with Crippen LogP contribution < -0.4 is 0 Å². The number of H-pyrrole nitrogens is 1. The molecule has 5 nitrogen and oxygen atoms in total. The van der Waals surface area contributed by atoms with Crippen LogP contribution in [0.1, 0.15) is 19.5 Å². The Morgan fingerprint density at radius 2 is 2.25 bits per heavy atom. The van der Waals surface area contributed by atoms with Crippen molar-refractivity contribution < 1.29 is 0 Å². The summed E-state index contributed by atoms with van der Waals surface area (Å²) < 4.78 is 0. The van der Waals surface area contributed by atoms with Crippen molar-refractivity contribution in [3.63, 3.8) is 0 Å². The van der Waals surface area contributed by atoms with Crippen LogP contribution in [-0.2, 0) is 0 Å². The van der Waals surface area contributed by atoms with Gasteiger partial charge < -0.3 is 4.90 Å². The Bertz CT molecular complexity index is 236. The van der Waals surface area contributed by atoms with Crippen molar-refractivity contribution in [2.75, 3.05) is 13.1 Å². The van der Waals surface area contributed by atoms with Crippen LogP contribution >= 0.6 is 0 Å². The predicted octanol–water partition coefficient (Wildman–Crippen LogP) is 0.472. The Morgan fingerprint density at radius 1 is 1.58 bits per heavy atom. The summed E-state index contributed by atoms with van der Waals surface area (Å²) in [6, 6.07) is 0. The normalized spacial score (nSPS) is 9.83. The summed E-state index contributed by atoms with van der Waals surface area (Å²) in [4.78, 5) is 1.91. The molecule has 0 aliphatic rings. The number of aromatic nitrogens is 3. The SMILES string of the molecule is CCN(CC)C(=N)c1cn[nH]n1. The molecule has 0 spiro atoms. The second-order valence-electron chi connectivity index (χ2n) is 2.38. The quantitative estimate of drug-likeness (QED) is 0.508. The summed E-state index contributed by atoms with van der Waals surface area (Å²) in [6.07, 6.45) is 1.56. The predicted molar refractivity (Wildman–Crippen MR) is 46.1 cm³/mol. The lowest BCUT2D eigenvalue weighted by molar-refractivity contribution is 0.462. The lowest BCUT2D eigenvalue weighted by atomic mass is 10.3. The zero-order chi connectivity index (χ0) is 8.97. The molecule has 0 bridgehead atoms. The Morgan fingerprint density at radius 3 is 2.67 bits per heavy atom. The summed E-state index contributed by atoms with van der Waals surface area (Å²) in [6.45, 7) is 5.67. The molecule has 0 saturated carbocycles. The number of aromatic amines is 1. The molecule has 0 unspecified atom stereocenters. The monoisotopic (exact) mass is 167 g/mol. The van der Waals surface area contributed by atoms with E-state index in [0.29, 0.717) is 11.5 Å². The van der Waals surface area contributed by atoms with E-state index in [9.17, 15) is 0 Å². The average molecular weight is 167 g/mol. The van der Waals surface area contributed by atoms with Gasteiger partial charge in [-0.15, -0.1) is 0 Å². The van der Waals surface area contributed by atoms with Crippen LogP contribution in [0.25, 0.3) is 0 Å². The summed E-state index contributed by atoms with van der Waals surface area (Å²) in [5, 5.41) is 17.7. The molecule has 2 N–H and O–H groups in total. The first-order chi connectivity index (χ1) is 5.79. The molecule has 1 rings (SSSR count). The molecular weight excluding hydrogens is 154 g/mol. The minimum Gasteiger partial charge on any atom is -0.356 e. The maximum Gasteiger partial charge on any atom is 0.150 e. The number of rotatable bonds is 3. The van der Waals surface area contributed by atoms with Gasteiger partial charge in [0, 0.05) is 13.1 Å². The first-order valence-corrected chi connectivity index (χ1v) is 3.99. The highest BCUT2D eigenvalue weighted by molar-refractivity contribution is 5.94. The summed E-state index contributed by atoms with van der Waals surface area (Å²) >= 11 is 0. The van der Waals surface area contributed by atoms with Crippen LogP contribution in [-0.4, -0.2) is 39.2 Å². The van der Waals surface area contributed by atoms with Gasteiger partial charge in [0.25, 0.3) is 0 Å². The molecule has 0 fully saturated rings. The zero-order valence-electron chi connectivity index (χ0n) is 7.33. The van der Waals surface area contributed by atoms with Crippen molar-refractivity contribution in [1.82, 2.24) is 20.3 Å². The van der Waals surface area contributed by atoms with Crippen molar-refractivity contribution in [2.24, 2.45) is 0 Å². The van der Waals surface area contributed by atoms with Gasteiger partial charge >= 0.3 is 0 Å². The topological polar surface area (TPSA) is 68.7 Å². The third-order valence-corrected chi connectivity index (χ3v) is 1.74. The minimum absolute atomic E-state index is 0.425. The molecule has 12 heavy (non-hydrogen) atoms. The van der Waals surface area contributed by atoms with Gasteiger partial charge in [-0.3, -0.25) is 5.41 Å². The van der Waals surface area contributed by atoms with Gasteiger partial charge in [0.2, 0.25) is 0 Å². The Labute approximate surface area is 71.3 Å². The van der Waals surface area contributed by atoms with E-state index in [4.69, 9.17) is 5.41 Å². The van der Waals surface area contributed by atoms with Crippen molar-refractivity contribution in [1.29, 1.82) is 5.41 Å². The van der Waals surface area contributed by atoms with E-state index in [1.165, 1.54) is 0 Å². The first-order valence-electron chi connectivity index (χ1n) is 3.99. The van der Waals surface area contributed by atoms with Gasteiger partial charge in [-0.05, 0) is 13.8 Å². The second-order valence-corrected chi connectivity index (χ2v) is 2.38. The highest BCUT2D eigenvalue weighted by Gasteiger charge is 2.09. The van der Waals surface area contributed by atoms with E-state index < -0.39 is 0 Å². The molecule has 0 atom stereocenters. The lowest BCUT2D eigenvalue weighted by Gasteiger charge is -2.19. The maximum atomic E-state index is 7.71. The highest BCUT2D eigenvalue weighted by Crippen LogP contribution is 1.97. The fourth-order valence-corrected chi connectivity index (χ4v) is 1.02. The number of hydrogen-bond donors (Lipinski definition) is 2. The number of nitrogens with zero attached hydrogens (tertiary/aromatic N) is 3. The van der Waals surface area contributed by atoms with Crippen molar-refractivity contribution >= 4 is 5.84 Å². The van der Waals surface area contributed by atoms with Crippen molar-refractivity contribution in [3.8, 4) is 0 Å². The third-order valence-electron chi connectivity index (χ3n) is 1.74. The summed E-state index contributed by atoms with van der Waals surface area (Å²) in [5.74, 6) is 0.425. The third kappa shape index (κ3) is 1.61. The van der Waals surface area contributed by atoms with Crippen LogP contribution in [0, 0.1) is 5.41 Å². The van der Waals surface area contributed by atoms with Gasteiger partial charge in [-0.2, -0.15) is 15.4 Å². The molecule has 0 aromatic carbocycles. The molecular formula is C7H13N5. The van der Waals surface area contributed by atoms with Crippen LogP contribution in [0.2, 0.25) is 0 Å². The maximum absolute atomic E-state index is 7.71. The first kappa shape index (κ1) is 8.70. The standard InChI is InChI=1S/C7H13N5/c1-3-12(4-2)7(8)6-5-9-11-10-6/h5,8H,3-4H2,1-2H3,(H,9,10,11). The summed E-state index contributed by atoms with van der Waals surface area (Å²) in [7, 11) is 0. The van der Waals surface area contributed by atoms with Crippen LogP contribution in [0.4, 0.5) is 0 Å². The molecule has 0 amide bonds. The fourth-order valence-electron chi connectivity index (χ4n) is 1.02. The van der Waals surface area contributed by atoms with E-state index in [2.05, 4.69) is 15.4 Å². The fraction of sp³-hybridized carbons (Fsp3) is 0.571. The smallest absolute Gasteiger partial charge is 0.150 e. The Hall–Kier alpha value is -1.39. The number of hydrogen-bond acceptors (Lipinski definition) is 3. The van der Waals surface area contributed by atoms with E-state index in [1.807, 2.05) is 18.7 Å². The molecule has 0 aliphatic heterocycles. The highest BCUT2D eigenvalue weighted by atomic mass is 15.3. The lowest BCUT2D eigenvalue weighted by Crippen LogP contribution is -2.30. The molecule has 0 saturated heterocycles. The zero-order valence-corrected chi connectivity index (χ0v) is 7.33. The van der Waals surface area contributed by atoms with E-state index in [1.54, 1.807) is 6.20 Å². The van der Waals surface area contributed by atoms with Gasteiger partial charge in [0.1, 0.15) is 5.69 Å². The van der Waals surface area contributed by atoms with Gasteiger partial charge in [0.15, 0.2) is 5.84 Å². The minimum atomic E-state index is 0.425. The van der Waals surface area contributed by atoms with Crippen LogP contribution in [0.5, 0.6) is 0 Å². The molecule has 1 aromatic rings. The Kier molecular flexibility index (Phi) is 2.79. The van der Waals surface area contributed by atoms with E-state index in [0.717, 1.165) is 13.1 Å². The number of nitrogens with one attached hydrogen (secondary N) is 2. The van der Waals surface area contributed by atoms with Crippen LogP contribution in [0.15, 0.2) is 6.20 Å². The van der Waals surface area contributed by atoms with Crippen molar-refractivity contribution in [3.05, 3.63) is 11.9 Å². The Balaban J connectivity index is 2.70. The molecule has 1 heterocycles.